The van der Waals surface area contributed by atoms with Crippen molar-refractivity contribution in [3.05, 3.63) is 40.2 Å². The number of hydrogen-bond donors (Lipinski definition) is 0. The number of nitrogens with zero attached hydrogens (tertiary/aromatic N) is 3. The summed E-state index contributed by atoms with van der Waals surface area (Å²) in [6.45, 7) is 0.737. The molecule has 4 heteroatoms. The summed E-state index contributed by atoms with van der Waals surface area (Å²) in [5.74, 6) is 0. The minimum atomic E-state index is 0.0139. The van der Waals surface area contributed by atoms with E-state index in [0.29, 0.717) is 5.52 Å². The first kappa shape index (κ1) is 10.8. The normalized spacial score (nSPS) is 11.2. The Morgan fingerprint density at radius 3 is 2.69 bits per heavy atom. The molecule has 0 saturated heterocycles. The van der Waals surface area contributed by atoms with Gasteiger partial charge in [-0.05, 0) is 20.2 Å². The number of fused-ring (bicyclic) bond motifs is 1. The lowest BCUT2D eigenvalue weighted by Crippen LogP contribution is -2.11. The predicted octanol–water partition coefficient (Wildman–Crippen LogP) is 0.995. The van der Waals surface area contributed by atoms with Gasteiger partial charge in [0.05, 0.1) is 5.69 Å². The molecule has 0 bridgehead atoms. The molecule has 1 aromatic carbocycles. The van der Waals surface area contributed by atoms with Crippen LogP contribution in [0.25, 0.3) is 10.9 Å². The SMILES string of the molecule is CN(C)Cc1nn(C)c2c(=O)ccccc12. The van der Waals surface area contributed by atoms with Crippen LogP contribution < -0.4 is 5.43 Å². The Balaban J connectivity index is 2.76. The maximum Gasteiger partial charge on any atom is 0.204 e. The molecule has 0 radical (unpaired) electrons. The molecule has 0 saturated carbocycles. The first-order chi connectivity index (χ1) is 7.59. The van der Waals surface area contributed by atoms with Gasteiger partial charge in [0.15, 0.2) is 0 Å². The highest BCUT2D eigenvalue weighted by atomic mass is 16.1. The standard InChI is InChI=1S/C12H15N3O/c1-14(2)8-10-9-6-4-5-7-11(16)12(9)15(3)13-10/h4-7H,8H2,1-3H3. The van der Waals surface area contributed by atoms with Gasteiger partial charge in [0.2, 0.25) is 5.43 Å². The summed E-state index contributed by atoms with van der Waals surface area (Å²) in [6.07, 6.45) is 0. The van der Waals surface area contributed by atoms with E-state index in [1.807, 2.05) is 38.2 Å². The van der Waals surface area contributed by atoms with Crippen molar-refractivity contribution in [3.63, 3.8) is 0 Å². The zero-order valence-electron chi connectivity index (χ0n) is 9.77. The maximum absolute atomic E-state index is 11.8. The monoisotopic (exact) mass is 217 g/mol. The molecule has 16 heavy (non-hydrogen) atoms. The zero-order chi connectivity index (χ0) is 11.7. The molecule has 0 aliphatic rings. The molecular formula is C12H15N3O. The molecule has 0 fully saturated rings. The second-order valence-electron chi connectivity index (χ2n) is 4.15. The fourth-order valence-electron chi connectivity index (χ4n) is 1.85. The van der Waals surface area contributed by atoms with Gasteiger partial charge in [-0.3, -0.25) is 9.48 Å². The Hall–Kier alpha value is -1.68. The van der Waals surface area contributed by atoms with Crippen LogP contribution in [0.2, 0.25) is 0 Å². The van der Waals surface area contributed by atoms with Gasteiger partial charge in [0, 0.05) is 19.0 Å². The molecule has 1 heterocycles. The molecular weight excluding hydrogens is 202 g/mol. The van der Waals surface area contributed by atoms with E-state index in [2.05, 4.69) is 5.10 Å². The molecule has 0 N–H and O–H groups in total. The van der Waals surface area contributed by atoms with E-state index >= 15 is 0 Å². The van der Waals surface area contributed by atoms with Crippen molar-refractivity contribution in [1.82, 2.24) is 14.7 Å². The number of aryl methyl sites for hydroxylation is 1. The van der Waals surface area contributed by atoms with E-state index in [-0.39, 0.29) is 5.43 Å². The summed E-state index contributed by atoms with van der Waals surface area (Å²) in [4.78, 5) is 13.9. The molecule has 1 aromatic heterocycles. The average Bonchev–Trinajstić information content (AvgIpc) is 2.39. The molecule has 0 aliphatic carbocycles. The largest absolute Gasteiger partial charge is 0.303 e. The molecule has 0 spiro atoms. The first-order valence-electron chi connectivity index (χ1n) is 5.19. The van der Waals surface area contributed by atoms with E-state index in [4.69, 9.17) is 0 Å². The van der Waals surface area contributed by atoms with Crippen molar-refractivity contribution in [2.75, 3.05) is 14.1 Å². The Morgan fingerprint density at radius 1 is 1.31 bits per heavy atom. The van der Waals surface area contributed by atoms with Crippen molar-refractivity contribution in [1.29, 1.82) is 0 Å². The van der Waals surface area contributed by atoms with Crippen LogP contribution >= 0.6 is 0 Å². The Kier molecular flexibility index (Phi) is 2.75. The summed E-state index contributed by atoms with van der Waals surface area (Å²) >= 11 is 0. The van der Waals surface area contributed by atoms with Gasteiger partial charge in [-0.2, -0.15) is 5.10 Å². The summed E-state index contributed by atoms with van der Waals surface area (Å²) in [5.41, 5.74) is 1.62. The van der Waals surface area contributed by atoms with E-state index in [9.17, 15) is 4.79 Å². The van der Waals surface area contributed by atoms with Crippen LogP contribution in [-0.2, 0) is 13.6 Å². The van der Waals surface area contributed by atoms with Crippen molar-refractivity contribution >= 4 is 10.9 Å². The first-order valence-corrected chi connectivity index (χ1v) is 5.19. The Morgan fingerprint density at radius 2 is 2.00 bits per heavy atom. The van der Waals surface area contributed by atoms with Gasteiger partial charge in [-0.25, -0.2) is 0 Å². The molecule has 2 aromatic rings. The highest BCUT2D eigenvalue weighted by Gasteiger charge is 2.10. The lowest BCUT2D eigenvalue weighted by molar-refractivity contribution is 0.396. The zero-order valence-corrected chi connectivity index (χ0v) is 9.77. The van der Waals surface area contributed by atoms with Crippen LogP contribution in [-0.4, -0.2) is 28.8 Å². The minimum absolute atomic E-state index is 0.0139. The van der Waals surface area contributed by atoms with Crippen molar-refractivity contribution in [2.24, 2.45) is 7.05 Å². The van der Waals surface area contributed by atoms with Crippen molar-refractivity contribution in [2.45, 2.75) is 6.54 Å². The second-order valence-corrected chi connectivity index (χ2v) is 4.15. The van der Waals surface area contributed by atoms with Crippen molar-refractivity contribution < 1.29 is 0 Å². The highest BCUT2D eigenvalue weighted by molar-refractivity contribution is 5.81. The number of aromatic nitrogens is 2. The summed E-state index contributed by atoms with van der Waals surface area (Å²) in [7, 11) is 5.78. The fraction of sp³-hybridized carbons (Fsp3) is 0.333. The van der Waals surface area contributed by atoms with E-state index < -0.39 is 0 Å². The molecule has 0 atom stereocenters. The van der Waals surface area contributed by atoms with E-state index in [1.165, 1.54) is 0 Å². The summed E-state index contributed by atoms with van der Waals surface area (Å²) in [5, 5.41) is 5.33. The van der Waals surface area contributed by atoms with Crippen LogP contribution in [0.3, 0.4) is 0 Å². The quantitative estimate of drug-likeness (QED) is 0.753. The number of rotatable bonds is 2. The third kappa shape index (κ3) is 1.84. The highest BCUT2D eigenvalue weighted by Crippen LogP contribution is 2.14. The molecule has 0 amide bonds. The van der Waals surface area contributed by atoms with Crippen LogP contribution in [0.5, 0.6) is 0 Å². The van der Waals surface area contributed by atoms with E-state index in [0.717, 1.165) is 17.6 Å². The van der Waals surface area contributed by atoms with Crippen LogP contribution in [0, 0.1) is 0 Å². The van der Waals surface area contributed by atoms with Crippen LogP contribution in [0.1, 0.15) is 5.69 Å². The molecule has 84 valence electrons. The summed E-state index contributed by atoms with van der Waals surface area (Å²) in [6, 6.07) is 7.17. The van der Waals surface area contributed by atoms with Gasteiger partial charge < -0.3 is 4.90 Å². The topological polar surface area (TPSA) is 38.1 Å². The predicted molar refractivity (Wildman–Crippen MR) is 64.4 cm³/mol. The maximum atomic E-state index is 11.8. The smallest absolute Gasteiger partial charge is 0.204 e. The molecule has 0 aliphatic heterocycles. The Labute approximate surface area is 94.1 Å². The third-order valence-electron chi connectivity index (χ3n) is 2.48. The van der Waals surface area contributed by atoms with Gasteiger partial charge in [-0.15, -0.1) is 0 Å². The summed E-state index contributed by atoms with van der Waals surface area (Å²) < 4.78 is 1.66. The molecule has 2 rings (SSSR count). The van der Waals surface area contributed by atoms with Gasteiger partial charge in [-0.1, -0.05) is 18.2 Å². The van der Waals surface area contributed by atoms with Gasteiger partial charge in [0.1, 0.15) is 5.52 Å². The fourth-order valence-corrected chi connectivity index (χ4v) is 1.85. The van der Waals surface area contributed by atoms with Crippen molar-refractivity contribution in [3.8, 4) is 0 Å². The van der Waals surface area contributed by atoms with Crippen LogP contribution in [0.4, 0.5) is 0 Å². The lowest BCUT2D eigenvalue weighted by atomic mass is 10.2. The second kappa shape index (κ2) is 4.06. The lowest BCUT2D eigenvalue weighted by Gasteiger charge is -2.05. The van der Waals surface area contributed by atoms with Gasteiger partial charge in [0.25, 0.3) is 0 Å². The van der Waals surface area contributed by atoms with E-state index in [1.54, 1.807) is 16.8 Å². The number of hydrogen-bond acceptors (Lipinski definition) is 3. The molecule has 0 unspecified atom stereocenters. The average molecular weight is 217 g/mol. The van der Waals surface area contributed by atoms with Gasteiger partial charge >= 0.3 is 0 Å². The van der Waals surface area contributed by atoms with Crippen LogP contribution in [0.15, 0.2) is 29.1 Å². The third-order valence-corrected chi connectivity index (χ3v) is 2.48. The minimum Gasteiger partial charge on any atom is -0.303 e. The Bertz CT molecular complexity index is 572. The molecule has 4 nitrogen and oxygen atoms in total.